The van der Waals surface area contributed by atoms with Crippen LogP contribution in [0.5, 0.6) is 11.5 Å². The first-order valence-electron chi connectivity index (χ1n) is 8.79. The number of nitrogens with one attached hydrogen (secondary N) is 2. The molecule has 0 spiro atoms. The highest BCUT2D eigenvalue weighted by Gasteiger charge is 2.13. The van der Waals surface area contributed by atoms with Gasteiger partial charge in [-0.25, -0.2) is 0 Å². The average molecular weight is 378 g/mol. The molecule has 0 aliphatic heterocycles. The Hall–Kier alpha value is -3.61. The summed E-state index contributed by atoms with van der Waals surface area (Å²) in [7, 11) is 3.18. The van der Waals surface area contributed by atoms with Gasteiger partial charge in [-0.2, -0.15) is 0 Å². The van der Waals surface area contributed by atoms with Gasteiger partial charge in [0.15, 0.2) is 11.5 Å². The van der Waals surface area contributed by atoms with Gasteiger partial charge in [0.25, 0.3) is 5.91 Å². The standard InChI is InChI=1S/C21H22N4O3/c1-14(15-7-5-4-6-8-15)22-21(26)17-10-12-20(25-24-17)23-18-13-16(27-2)9-11-19(18)28-3/h4-14H,1-3H3,(H,22,26)(H,23,25). The quantitative estimate of drug-likeness (QED) is 0.652. The molecule has 7 heteroatoms. The summed E-state index contributed by atoms with van der Waals surface area (Å²) in [5.74, 6) is 1.52. The summed E-state index contributed by atoms with van der Waals surface area (Å²) in [5, 5.41) is 14.1. The molecule has 28 heavy (non-hydrogen) atoms. The maximum absolute atomic E-state index is 12.4. The molecule has 0 fully saturated rings. The minimum Gasteiger partial charge on any atom is -0.497 e. The number of hydrogen-bond donors (Lipinski definition) is 2. The summed E-state index contributed by atoms with van der Waals surface area (Å²) in [6.45, 7) is 1.92. The molecule has 0 bridgehead atoms. The van der Waals surface area contributed by atoms with Gasteiger partial charge in [-0.3, -0.25) is 4.79 Å². The van der Waals surface area contributed by atoms with Crippen LogP contribution in [0.15, 0.2) is 60.7 Å². The monoisotopic (exact) mass is 378 g/mol. The number of nitrogens with zero attached hydrogens (tertiary/aromatic N) is 2. The number of ether oxygens (including phenoxy) is 2. The fourth-order valence-corrected chi connectivity index (χ4v) is 2.67. The van der Waals surface area contributed by atoms with Crippen LogP contribution in [0.4, 0.5) is 11.5 Å². The molecular weight excluding hydrogens is 356 g/mol. The molecule has 0 saturated carbocycles. The highest BCUT2D eigenvalue weighted by molar-refractivity contribution is 5.92. The van der Waals surface area contributed by atoms with Crippen molar-refractivity contribution in [3.8, 4) is 11.5 Å². The molecule has 1 amide bonds. The first-order valence-corrected chi connectivity index (χ1v) is 8.79. The molecule has 1 atom stereocenters. The Balaban J connectivity index is 1.69. The maximum Gasteiger partial charge on any atom is 0.272 e. The van der Waals surface area contributed by atoms with Gasteiger partial charge in [-0.05, 0) is 36.8 Å². The van der Waals surface area contributed by atoms with E-state index in [9.17, 15) is 4.79 Å². The Morgan fingerprint density at radius 3 is 2.39 bits per heavy atom. The summed E-state index contributed by atoms with van der Waals surface area (Å²) in [5.41, 5.74) is 1.95. The first kappa shape index (κ1) is 19.2. The number of carbonyl (C=O) groups is 1. The van der Waals surface area contributed by atoms with Crippen LogP contribution in [0.1, 0.15) is 29.0 Å². The molecule has 144 valence electrons. The molecule has 1 heterocycles. The van der Waals surface area contributed by atoms with Gasteiger partial charge in [0.05, 0.1) is 25.9 Å². The molecule has 0 aliphatic rings. The third-order valence-corrected chi connectivity index (χ3v) is 4.21. The smallest absolute Gasteiger partial charge is 0.272 e. The SMILES string of the molecule is COc1ccc(OC)c(Nc2ccc(C(=O)NC(C)c3ccccc3)nn2)c1. The number of aromatic nitrogens is 2. The molecule has 3 aromatic rings. The molecule has 0 saturated heterocycles. The van der Waals surface area contributed by atoms with Gasteiger partial charge in [-0.15, -0.1) is 10.2 Å². The Kier molecular flexibility index (Phi) is 6.06. The highest BCUT2D eigenvalue weighted by Crippen LogP contribution is 2.30. The molecule has 1 aromatic heterocycles. The fourth-order valence-electron chi connectivity index (χ4n) is 2.67. The highest BCUT2D eigenvalue weighted by atomic mass is 16.5. The third-order valence-electron chi connectivity index (χ3n) is 4.21. The van der Waals surface area contributed by atoms with Crippen molar-refractivity contribution < 1.29 is 14.3 Å². The van der Waals surface area contributed by atoms with Crippen molar-refractivity contribution in [3.63, 3.8) is 0 Å². The second kappa shape index (κ2) is 8.85. The minimum absolute atomic E-state index is 0.130. The van der Waals surface area contributed by atoms with Crippen LogP contribution < -0.4 is 20.1 Å². The molecule has 1 unspecified atom stereocenters. The molecule has 0 radical (unpaired) electrons. The van der Waals surface area contributed by atoms with Crippen molar-refractivity contribution in [1.29, 1.82) is 0 Å². The van der Waals surface area contributed by atoms with E-state index in [2.05, 4.69) is 20.8 Å². The lowest BCUT2D eigenvalue weighted by molar-refractivity contribution is 0.0934. The number of methoxy groups -OCH3 is 2. The van der Waals surface area contributed by atoms with Crippen molar-refractivity contribution in [2.24, 2.45) is 0 Å². The van der Waals surface area contributed by atoms with E-state index in [4.69, 9.17) is 9.47 Å². The predicted molar refractivity (Wildman–Crippen MR) is 107 cm³/mol. The number of hydrogen-bond acceptors (Lipinski definition) is 6. The number of anilines is 2. The van der Waals surface area contributed by atoms with Crippen molar-refractivity contribution in [3.05, 3.63) is 71.9 Å². The van der Waals surface area contributed by atoms with Crippen LogP contribution in [0.3, 0.4) is 0 Å². The fraction of sp³-hybridized carbons (Fsp3) is 0.190. The van der Waals surface area contributed by atoms with E-state index in [0.29, 0.717) is 23.0 Å². The van der Waals surface area contributed by atoms with Crippen molar-refractivity contribution >= 4 is 17.4 Å². The summed E-state index contributed by atoms with van der Waals surface area (Å²) in [6, 6.07) is 18.3. The molecule has 2 aromatic carbocycles. The zero-order valence-electron chi connectivity index (χ0n) is 16.0. The summed E-state index contributed by atoms with van der Waals surface area (Å²) in [6.07, 6.45) is 0. The number of amides is 1. The predicted octanol–water partition coefficient (Wildman–Crippen LogP) is 3.73. The van der Waals surface area contributed by atoms with E-state index in [1.165, 1.54) is 0 Å². The molecular formula is C21H22N4O3. The zero-order valence-corrected chi connectivity index (χ0v) is 16.0. The van der Waals surface area contributed by atoms with Gasteiger partial charge >= 0.3 is 0 Å². The van der Waals surface area contributed by atoms with Gasteiger partial charge < -0.3 is 20.1 Å². The van der Waals surface area contributed by atoms with Gasteiger partial charge in [0, 0.05) is 6.07 Å². The first-order chi connectivity index (χ1) is 13.6. The molecule has 3 rings (SSSR count). The van der Waals surface area contributed by atoms with Gasteiger partial charge in [0.2, 0.25) is 0 Å². The maximum atomic E-state index is 12.4. The average Bonchev–Trinajstić information content (AvgIpc) is 2.74. The third kappa shape index (κ3) is 4.56. The Morgan fingerprint density at radius 1 is 0.964 bits per heavy atom. The lowest BCUT2D eigenvalue weighted by Gasteiger charge is -2.14. The topological polar surface area (TPSA) is 85.4 Å². The molecule has 0 aliphatic carbocycles. The van der Waals surface area contributed by atoms with E-state index in [1.54, 1.807) is 44.6 Å². The molecule has 7 nitrogen and oxygen atoms in total. The van der Waals surface area contributed by atoms with E-state index < -0.39 is 0 Å². The van der Waals surface area contributed by atoms with Crippen LogP contribution >= 0.6 is 0 Å². The van der Waals surface area contributed by atoms with Crippen molar-refractivity contribution in [2.75, 3.05) is 19.5 Å². The number of benzene rings is 2. The van der Waals surface area contributed by atoms with Crippen LogP contribution in [0.25, 0.3) is 0 Å². The van der Waals surface area contributed by atoms with E-state index in [-0.39, 0.29) is 17.6 Å². The second-order valence-corrected chi connectivity index (χ2v) is 6.10. The van der Waals surface area contributed by atoms with Crippen molar-refractivity contribution in [1.82, 2.24) is 15.5 Å². The van der Waals surface area contributed by atoms with Gasteiger partial charge in [-0.1, -0.05) is 30.3 Å². The van der Waals surface area contributed by atoms with Gasteiger partial charge in [0.1, 0.15) is 11.5 Å². The molecule has 2 N–H and O–H groups in total. The van der Waals surface area contributed by atoms with Crippen molar-refractivity contribution in [2.45, 2.75) is 13.0 Å². The summed E-state index contributed by atoms with van der Waals surface area (Å²) < 4.78 is 10.6. The largest absolute Gasteiger partial charge is 0.497 e. The lowest BCUT2D eigenvalue weighted by atomic mass is 10.1. The summed E-state index contributed by atoms with van der Waals surface area (Å²) in [4.78, 5) is 12.4. The second-order valence-electron chi connectivity index (χ2n) is 6.10. The summed E-state index contributed by atoms with van der Waals surface area (Å²) >= 11 is 0. The Bertz CT molecular complexity index is 930. The Labute approximate surface area is 163 Å². The zero-order chi connectivity index (χ0) is 19.9. The van der Waals surface area contributed by atoms with E-state index >= 15 is 0 Å². The van der Waals surface area contributed by atoms with Crippen LogP contribution in [0.2, 0.25) is 0 Å². The van der Waals surface area contributed by atoms with Crippen LogP contribution in [-0.4, -0.2) is 30.3 Å². The van der Waals surface area contributed by atoms with Crippen LogP contribution in [0, 0.1) is 0 Å². The minimum atomic E-state index is -0.283. The Morgan fingerprint density at radius 2 is 1.75 bits per heavy atom. The van der Waals surface area contributed by atoms with E-state index in [0.717, 1.165) is 5.56 Å². The van der Waals surface area contributed by atoms with E-state index in [1.807, 2.05) is 37.3 Å². The lowest BCUT2D eigenvalue weighted by Crippen LogP contribution is -2.27. The van der Waals surface area contributed by atoms with Crippen LogP contribution in [-0.2, 0) is 0 Å². The number of carbonyl (C=O) groups excluding carboxylic acids is 1. The normalized spacial score (nSPS) is 11.4. The number of rotatable bonds is 7.